The summed E-state index contributed by atoms with van der Waals surface area (Å²) in [4.78, 5) is 0. The summed E-state index contributed by atoms with van der Waals surface area (Å²) in [6.45, 7) is 3.19. The van der Waals surface area contributed by atoms with Crippen LogP contribution in [0.25, 0.3) is 0 Å². The van der Waals surface area contributed by atoms with Crippen LogP contribution in [-0.2, 0) is 10.0 Å². The molecule has 50 valence electrons. The van der Waals surface area contributed by atoms with Crippen molar-refractivity contribution in [2.45, 2.75) is 0 Å². The third-order valence-corrected chi connectivity index (χ3v) is 1.05. The topological polar surface area (TPSA) is 91.7 Å². The molecule has 0 aromatic rings. The van der Waals surface area contributed by atoms with Crippen molar-refractivity contribution in [3.63, 3.8) is 0 Å². The van der Waals surface area contributed by atoms with Gasteiger partial charge in [-0.05, 0) is 0 Å². The Kier molecular flexibility index (Phi) is 4.74. The molecular formula is C3H9NO3S. The summed E-state index contributed by atoms with van der Waals surface area (Å²) in [5, 5.41) is 4.55. The van der Waals surface area contributed by atoms with Crippen molar-refractivity contribution < 1.29 is 13.9 Å². The fourth-order valence-corrected chi connectivity index (χ4v) is 0.493. The standard InChI is InChI=1S/C3H7NO2S.H2O/c1-2-3-7(4,5)6;/h2H,1,3H2,(H2,4,5,6);1H2. The minimum absolute atomic E-state index is 0. The summed E-state index contributed by atoms with van der Waals surface area (Å²) in [6, 6.07) is 0. The van der Waals surface area contributed by atoms with Gasteiger partial charge in [0.05, 0.1) is 5.75 Å². The summed E-state index contributed by atoms with van der Waals surface area (Å²) in [6.07, 6.45) is 1.25. The predicted molar refractivity (Wildman–Crippen MR) is 31.8 cm³/mol. The molecule has 0 radical (unpaired) electrons. The van der Waals surface area contributed by atoms with Crippen LogP contribution in [0.1, 0.15) is 0 Å². The minimum atomic E-state index is -3.29. The molecule has 0 spiro atoms. The van der Waals surface area contributed by atoms with Gasteiger partial charge in [-0.1, -0.05) is 6.08 Å². The lowest BCUT2D eigenvalue weighted by Crippen LogP contribution is -2.14. The molecule has 0 aliphatic rings. The van der Waals surface area contributed by atoms with Crippen molar-refractivity contribution in [3.8, 4) is 0 Å². The molecule has 0 atom stereocenters. The van der Waals surface area contributed by atoms with Crippen LogP contribution in [0, 0.1) is 0 Å². The number of rotatable bonds is 2. The first-order valence-electron chi connectivity index (χ1n) is 1.67. The van der Waals surface area contributed by atoms with E-state index in [2.05, 4.69) is 11.7 Å². The zero-order valence-corrected chi connectivity index (χ0v) is 5.11. The van der Waals surface area contributed by atoms with E-state index in [-0.39, 0.29) is 11.2 Å². The van der Waals surface area contributed by atoms with E-state index >= 15 is 0 Å². The Labute approximate surface area is 48.4 Å². The second kappa shape index (κ2) is 3.59. The highest BCUT2D eigenvalue weighted by atomic mass is 32.2. The number of hydrogen-bond acceptors (Lipinski definition) is 2. The molecule has 0 saturated heterocycles. The highest BCUT2D eigenvalue weighted by Gasteiger charge is 1.93. The van der Waals surface area contributed by atoms with Crippen LogP contribution in [0.3, 0.4) is 0 Å². The van der Waals surface area contributed by atoms with Gasteiger partial charge >= 0.3 is 0 Å². The van der Waals surface area contributed by atoms with Gasteiger partial charge in [-0.2, -0.15) is 0 Å². The lowest BCUT2D eigenvalue weighted by atomic mass is 10.8. The van der Waals surface area contributed by atoms with Crippen LogP contribution >= 0.6 is 0 Å². The van der Waals surface area contributed by atoms with Gasteiger partial charge in [0.15, 0.2) is 0 Å². The van der Waals surface area contributed by atoms with E-state index in [9.17, 15) is 8.42 Å². The summed E-state index contributed by atoms with van der Waals surface area (Å²) in [5.74, 6) is -0.146. The fraction of sp³-hybridized carbons (Fsp3) is 0.333. The van der Waals surface area contributed by atoms with Gasteiger partial charge in [0.25, 0.3) is 0 Å². The molecule has 0 aromatic carbocycles. The van der Waals surface area contributed by atoms with Crippen LogP contribution in [0.15, 0.2) is 12.7 Å². The molecule has 5 heteroatoms. The van der Waals surface area contributed by atoms with Crippen molar-refractivity contribution in [1.82, 2.24) is 0 Å². The molecule has 0 amide bonds. The molecule has 0 unspecified atom stereocenters. The monoisotopic (exact) mass is 139 g/mol. The smallest absolute Gasteiger partial charge is 0.212 e. The number of primary sulfonamides is 1. The zero-order chi connectivity index (χ0) is 5.91. The first-order chi connectivity index (χ1) is 3.06. The van der Waals surface area contributed by atoms with Crippen LogP contribution in [0.4, 0.5) is 0 Å². The molecule has 0 aliphatic heterocycles. The number of nitrogens with two attached hydrogens (primary N) is 1. The lowest BCUT2D eigenvalue weighted by molar-refractivity contribution is 0.600. The quantitative estimate of drug-likeness (QED) is 0.478. The first kappa shape index (κ1) is 10.6. The van der Waals surface area contributed by atoms with E-state index in [1.807, 2.05) is 0 Å². The van der Waals surface area contributed by atoms with E-state index in [0.29, 0.717) is 0 Å². The van der Waals surface area contributed by atoms with Crippen LogP contribution in [-0.4, -0.2) is 19.6 Å². The molecule has 0 bridgehead atoms. The molecule has 4 N–H and O–H groups in total. The van der Waals surface area contributed by atoms with Crippen molar-refractivity contribution >= 4 is 10.0 Å². The average Bonchev–Trinajstić information content (AvgIpc) is 1.30. The molecule has 4 nitrogen and oxygen atoms in total. The molecule has 8 heavy (non-hydrogen) atoms. The fourth-order valence-electron chi connectivity index (χ4n) is 0.164. The SMILES string of the molecule is C=CCS(N)(=O)=O.O. The van der Waals surface area contributed by atoms with Gasteiger partial charge in [-0.25, -0.2) is 13.6 Å². The predicted octanol–water partition coefficient (Wildman–Crippen LogP) is -1.36. The van der Waals surface area contributed by atoms with E-state index < -0.39 is 10.0 Å². The second-order valence-corrected chi connectivity index (χ2v) is 2.78. The van der Waals surface area contributed by atoms with Crippen molar-refractivity contribution in [1.29, 1.82) is 0 Å². The molecule has 0 aromatic heterocycles. The van der Waals surface area contributed by atoms with Gasteiger partial charge in [-0.3, -0.25) is 0 Å². The maximum Gasteiger partial charge on any atom is 0.212 e. The van der Waals surface area contributed by atoms with Crippen LogP contribution in [0.2, 0.25) is 0 Å². The summed E-state index contributed by atoms with van der Waals surface area (Å²) in [7, 11) is -3.29. The van der Waals surface area contributed by atoms with Gasteiger partial charge in [0.1, 0.15) is 0 Å². The maximum absolute atomic E-state index is 9.94. The molecule has 0 fully saturated rings. The lowest BCUT2D eigenvalue weighted by Gasteiger charge is -1.83. The maximum atomic E-state index is 9.94. The third-order valence-electron chi connectivity index (χ3n) is 0.350. The Hall–Kier alpha value is -0.390. The Morgan fingerprint density at radius 2 is 2.00 bits per heavy atom. The zero-order valence-electron chi connectivity index (χ0n) is 4.29. The Bertz CT molecular complexity index is 148. The largest absolute Gasteiger partial charge is 0.412 e. The van der Waals surface area contributed by atoms with Gasteiger partial charge < -0.3 is 5.48 Å². The minimum Gasteiger partial charge on any atom is -0.412 e. The van der Waals surface area contributed by atoms with Gasteiger partial charge in [-0.15, -0.1) is 6.58 Å². The average molecular weight is 139 g/mol. The van der Waals surface area contributed by atoms with E-state index in [1.54, 1.807) is 0 Å². The third kappa shape index (κ3) is 9.15. The summed E-state index contributed by atoms with van der Waals surface area (Å²) < 4.78 is 19.9. The van der Waals surface area contributed by atoms with Crippen molar-refractivity contribution in [2.24, 2.45) is 5.14 Å². The highest BCUT2D eigenvalue weighted by Crippen LogP contribution is 1.73. The van der Waals surface area contributed by atoms with E-state index in [1.165, 1.54) is 6.08 Å². The Morgan fingerprint density at radius 3 is 2.00 bits per heavy atom. The highest BCUT2D eigenvalue weighted by molar-refractivity contribution is 7.89. The molecule has 0 heterocycles. The molecule has 0 saturated carbocycles. The van der Waals surface area contributed by atoms with Crippen LogP contribution in [0.5, 0.6) is 0 Å². The first-order valence-corrected chi connectivity index (χ1v) is 3.39. The van der Waals surface area contributed by atoms with Crippen molar-refractivity contribution in [2.75, 3.05) is 5.75 Å². The number of hydrogen-bond donors (Lipinski definition) is 1. The molecule has 0 rings (SSSR count). The van der Waals surface area contributed by atoms with Crippen LogP contribution < -0.4 is 5.14 Å². The molecule has 0 aliphatic carbocycles. The van der Waals surface area contributed by atoms with Gasteiger partial charge in [0.2, 0.25) is 10.0 Å². The Balaban J connectivity index is 0. The van der Waals surface area contributed by atoms with E-state index in [0.717, 1.165) is 0 Å². The van der Waals surface area contributed by atoms with Gasteiger partial charge in [0, 0.05) is 0 Å². The molecular weight excluding hydrogens is 130 g/mol. The van der Waals surface area contributed by atoms with Crippen molar-refractivity contribution in [3.05, 3.63) is 12.7 Å². The second-order valence-electron chi connectivity index (χ2n) is 1.12. The number of sulfonamides is 1. The van der Waals surface area contributed by atoms with E-state index in [4.69, 9.17) is 0 Å². The Morgan fingerprint density at radius 1 is 1.62 bits per heavy atom. The summed E-state index contributed by atoms with van der Waals surface area (Å²) in [5.41, 5.74) is 0. The summed E-state index contributed by atoms with van der Waals surface area (Å²) >= 11 is 0. The normalized spacial score (nSPS) is 9.62.